The summed E-state index contributed by atoms with van der Waals surface area (Å²) in [7, 11) is 0. The predicted molar refractivity (Wildman–Crippen MR) is 123 cm³/mol. The van der Waals surface area contributed by atoms with E-state index in [9.17, 15) is 0 Å². The van der Waals surface area contributed by atoms with Gasteiger partial charge in [0.2, 0.25) is 0 Å². The van der Waals surface area contributed by atoms with Gasteiger partial charge in [-0.2, -0.15) is 0 Å². The van der Waals surface area contributed by atoms with Gasteiger partial charge in [0.1, 0.15) is 0 Å². The molecule has 5 aromatic rings. The molecule has 4 aromatic carbocycles. The summed E-state index contributed by atoms with van der Waals surface area (Å²) in [6, 6.07) is 26.6. The van der Waals surface area contributed by atoms with Crippen LogP contribution in [-0.2, 0) is 5.41 Å². The van der Waals surface area contributed by atoms with Crippen LogP contribution in [-0.4, -0.2) is 4.57 Å². The Morgan fingerprint density at radius 1 is 0.833 bits per heavy atom. The van der Waals surface area contributed by atoms with Crippen molar-refractivity contribution in [3.05, 3.63) is 101 Å². The fourth-order valence-electron chi connectivity index (χ4n) is 5.34. The van der Waals surface area contributed by atoms with Crippen molar-refractivity contribution in [2.75, 3.05) is 0 Å². The minimum Gasteiger partial charge on any atom is -0.292 e. The SMILES string of the molecule is Cc1cc(C)cc(-n2[c-][n+]3c4c(cccc42)C(C)(C)c2c-3ccc3ccccc23)c1. The molecule has 0 bridgehead atoms. The summed E-state index contributed by atoms with van der Waals surface area (Å²) in [5.74, 6) is 0. The van der Waals surface area contributed by atoms with Gasteiger partial charge in [0, 0.05) is 5.41 Å². The summed E-state index contributed by atoms with van der Waals surface area (Å²) in [5, 5.41) is 2.61. The molecule has 1 aliphatic rings. The second-order valence-electron chi connectivity index (χ2n) is 9.10. The van der Waals surface area contributed by atoms with Crippen molar-refractivity contribution in [3.63, 3.8) is 0 Å². The molecule has 0 N–H and O–H groups in total. The molecule has 1 aliphatic heterocycles. The summed E-state index contributed by atoms with van der Waals surface area (Å²) in [6.45, 7) is 9.02. The lowest BCUT2D eigenvalue weighted by atomic mass is 9.73. The zero-order valence-electron chi connectivity index (χ0n) is 17.8. The van der Waals surface area contributed by atoms with Gasteiger partial charge < -0.3 is 0 Å². The maximum absolute atomic E-state index is 3.69. The van der Waals surface area contributed by atoms with E-state index in [0.717, 1.165) is 5.69 Å². The average Bonchev–Trinajstić information content (AvgIpc) is 3.11. The third-order valence-electron chi connectivity index (χ3n) is 6.59. The van der Waals surface area contributed by atoms with E-state index in [1.807, 2.05) is 0 Å². The first-order chi connectivity index (χ1) is 14.4. The van der Waals surface area contributed by atoms with Crippen LogP contribution in [0.5, 0.6) is 0 Å². The predicted octanol–water partition coefficient (Wildman–Crippen LogP) is 6.12. The molecule has 146 valence electrons. The monoisotopic (exact) mass is 388 g/mol. The molecule has 0 amide bonds. The van der Waals surface area contributed by atoms with E-state index in [1.165, 1.54) is 49.7 Å². The second kappa shape index (κ2) is 5.82. The molecule has 2 heteroatoms. The van der Waals surface area contributed by atoms with E-state index in [1.54, 1.807) is 0 Å². The number of imidazole rings is 1. The Kier molecular flexibility index (Phi) is 3.39. The summed E-state index contributed by atoms with van der Waals surface area (Å²) >= 11 is 0. The van der Waals surface area contributed by atoms with E-state index < -0.39 is 0 Å². The molecule has 30 heavy (non-hydrogen) atoms. The van der Waals surface area contributed by atoms with Crippen LogP contribution in [0.1, 0.15) is 36.1 Å². The number of aryl methyl sites for hydroxylation is 2. The molecular weight excluding hydrogens is 364 g/mol. The van der Waals surface area contributed by atoms with Gasteiger partial charge >= 0.3 is 0 Å². The van der Waals surface area contributed by atoms with Crippen molar-refractivity contribution in [2.45, 2.75) is 33.1 Å². The lowest BCUT2D eigenvalue weighted by Gasteiger charge is -2.35. The van der Waals surface area contributed by atoms with Crippen molar-refractivity contribution < 1.29 is 4.57 Å². The fourth-order valence-corrected chi connectivity index (χ4v) is 5.34. The molecule has 0 saturated carbocycles. The lowest BCUT2D eigenvalue weighted by Crippen LogP contribution is -2.41. The van der Waals surface area contributed by atoms with Crippen LogP contribution in [0.2, 0.25) is 0 Å². The number of benzene rings is 4. The van der Waals surface area contributed by atoms with E-state index in [0.29, 0.717) is 0 Å². The number of hydrogen-bond acceptors (Lipinski definition) is 0. The highest BCUT2D eigenvalue weighted by Gasteiger charge is 2.35. The molecule has 0 atom stereocenters. The van der Waals surface area contributed by atoms with Crippen molar-refractivity contribution in [1.82, 2.24) is 4.57 Å². The van der Waals surface area contributed by atoms with Crippen LogP contribution < -0.4 is 4.57 Å². The Morgan fingerprint density at radius 3 is 2.40 bits per heavy atom. The lowest BCUT2D eigenvalue weighted by molar-refractivity contribution is -0.575. The molecule has 6 rings (SSSR count). The standard InChI is InChI=1S/C28H24N2/c1-18-14-19(2)16-21(15-18)29-17-30-24-13-12-20-8-5-6-9-22(20)26(24)28(3,4)23-10-7-11-25(29)27(23)30/h5-16H,1-4H3. The second-order valence-corrected chi connectivity index (χ2v) is 9.10. The largest absolute Gasteiger partial charge is 0.292 e. The van der Waals surface area contributed by atoms with Gasteiger partial charge in [-0.15, -0.1) is 0 Å². The van der Waals surface area contributed by atoms with Gasteiger partial charge in [-0.05, 0) is 53.9 Å². The van der Waals surface area contributed by atoms with E-state index in [-0.39, 0.29) is 5.41 Å². The van der Waals surface area contributed by atoms with Crippen LogP contribution in [0.3, 0.4) is 0 Å². The third kappa shape index (κ3) is 2.22. The van der Waals surface area contributed by atoms with Crippen molar-refractivity contribution in [2.24, 2.45) is 0 Å². The first-order valence-corrected chi connectivity index (χ1v) is 10.6. The number of para-hydroxylation sites is 1. The van der Waals surface area contributed by atoms with Gasteiger partial charge in [-0.1, -0.05) is 79.6 Å². The highest BCUT2D eigenvalue weighted by atomic mass is 15.1. The van der Waals surface area contributed by atoms with Gasteiger partial charge in [-0.25, -0.2) is 0 Å². The minimum atomic E-state index is -0.0990. The number of fused-ring (bicyclic) bond motifs is 4. The highest BCUT2D eigenvalue weighted by molar-refractivity contribution is 5.92. The number of rotatable bonds is 1. The van der Waals surface area contributed by atoms with Crippen molar-refractivity contribution >= 4 is 21.8 Å². The summed E-state index contributed by atoms with van der Waals surface area (Å²) in [4.78, 5) is 0. The molecule has 0 spiro atoms. The molecule has 0 saturated heterocycles. The Balaban J connectivity index is 1.77. The average molecular weight is 389 g/mol. The Hall–Kier alpha value is -3.39. The zero-order valence-corrected chi connectivity index (χ0v) is 17.8. The zero-order chi connectivity index (χ0) is 20.6. The maximum atomic E-state index is 3.69. The highest BCUT2D eigenvalue weighted by Crippen LogP contribution is 2.44. The molecule has 0 aliphatic carbocycles. The molecular formula is C28H24N2. The van der Waals surface area contributed by atoms with Gasteiger partial charge in [0.05, 0.1) is 22.4 Å². The summed E-state index contributed by atoms with van der Waals surface area (Å²) in [6.07, 6.45) is 3.69. The minimum absolute atomic E-state index is 0.0990. The maximum Gasteiger partial charge on any atom is 0.269 e. The quantitative estimate of drug-likeness (QED) is 0.242. The summed E-state index contributed by atoms with van der Waals surface area (Å²) < 4.78 is 4.49. The van der Waals surface area contributed by atoms with Crippen LogP contribution in [0.15, 0.2) is 72.8 Å². The normalized spacial score (nSPS) is 14.3. The van der Waals surface area contributed by atoms with E-state index in [2.05, 4.69) is 116 Å². The third-order valence-corrected chi connectivity index (χ3v) is 6.59. The van der Waals surface area contributed by atoms with Crippen LogP contribution in [0.4, 0.5) is 0 Å². The van der Waals surface area contributed by atoms with Crippen molar-refractivity contribution in [1.29, 1.82) is 0 Å². The van der Waals surface area contributed by atoms with Gasteiger partial charge in [0.25, 0.3) is 6.33 Å². The van der Waals surface area contributed by atoms with Crippen LogP contribution in [0.25, 0.3) is 33.2 Å². The Morgan fingerprint density at radius 2 is 1.60 bits per heavy atom. The molecule has 0 unspecified atom stereocenters. The number of hydrogen-bond donors (Lipinski definition) is 0. The molecule has 2 nitrogen and oxygen atoms in total. The van der Waals surface area contributed by atoms with Crippen LogP contribution >= 0.6 is 0 Å². The van der Waals surface area contributed by atoms with Crippen LogP contribution in [0, 0.1) is 20.2 Å². The molecule has 0 fully saturated rings. The molecule has 0 radical (unpaired) electrons. The first-order valence-electron chi connectivity index (χ1n) is 10.6. The van der Waals surface area contributed by atoms with E-state index in [4.69, 9.17) is 0 Å². The number of nitrogens with zero attached hydrogens (tertiary/aromatic N) is 2. The van der Waals surface area contributed by atoms with E-state index >= 15 is 0 Å². The fraction of sp³-hybridized carbons (Fsp3) is 0.179. The smallest absolute Gasteiger partial charge is 0.269 e. The first kappa shape index (κ1) is 17.5. The topological polar surface area (TPSA) is 8.81 Å². The van der Waals surface area contributed by atoms with Crippen molar-refractivity contribution in [3.8, 4) is 11.4 Å². The molecule has 1 aromatic heterocycles. The number of aromatic nitrogens is 2. The van der Waals surface area contributed by atoms with Gasteiger partial charge in [-0.3, -0.25) is 9.13 Å². The summed E-state index contributed by atoms with van der Waals surface area (Å²) in [5.41, 5.74) is 10.0. The van der Waals surface area contributed by atoms with Gasteiger partial charge in [0.15, 0.2) is 0 Å². The molecule has 2 heterocycles. The Labute approximate surface area is 177 Å². The Bertz CT molecular complexity index is 1460.